The normalized spacial score (nSPS) is 13.3. The summed E-state index contributed by atoms with van der Waals surface area (Å²) in [4.78, 5) is 8.02. The van der Waals surface area contributed by atoms with E-state index in [1.807, 2.05) is 24.5 Å². The molecule has 0 amide bonds. The van der Waals surface area contributed by atoms with Gasteiger partial charge in [0.15, 0.2) is 0 Å². The molecule has 74 valence electrons. The number of ether oxygens (including phenoxy) is 1. The first-order chi connectivity index (χ1) is 7.43. The van der Waals surface area contributed by atoms with Gasteiger partial charge in [0, 0.05) is 24.4 Å². The van der Waals surface area contributed by atoms with Crippen molar-refractivity contribution in [2.24, 2.45) is 0 Å². The van der Waals surface area contributed by atoms with E-state index in [0.717, 1.165) is 29.9 Å². The first-order valence-corrected chi connectivity index (χ1v) is 4.94. The maximum absolute atomic E-state index is 5.46. The summed E-state index contributed by atoms with van der Waals surface area (Å²) < 4.78 is 5.46. The van der Waals surface area contributed by atoms with Gasteiger partial charge in [0.2, 0.25) is 0 Å². The van der Waals surface area contributed by atoms with Crippen LogP contribution in [-0.4, -0.2) is 16.6 Å². The average molecular weight is 198 g/mol. The van der Waals surface area contributed by atoms with Crippen molar-refractivity contribution in [3.8, 4) is 16.9 Å². The standard InChI is InChI=1S/C12H10N2O/c1-2-12-10(3-4-15-12)5-9(1)11-6-13-8-14-7-11/h1-2,5-8H,3-4H2. The van der Waals surface area contributed by atoms with Crippen LogP contribution >= 0.6 is 0 Å². The van der Waals surface area contributed by atoms with Gasteiger partial charge in [-0.3, -0.25) is 0 Å². The fourth-order valence-corrected chi connectivity index (χ4v) is 1.81. The molecule has 1 aliphatic rings. The van der Waals surface area contributed by atoms with Crippen molar-refractivity contribution in [2.75, 3.05) is 6.61 Å². The van der Waals surface area contributed by atoms with Crippen LogP contribution in [0.25, 0.3) is 11.1 Å². The molecule has 15 heavy (non-hydrogen) atoms. The van der Waals surface area contributed by atoms with Crippen LogP contribution in [0.4, 0.5) is 0 Å². The molecule has 2 aromatic rings. The van der Waals surface area contributed by atoms with E-state index in [-0.39, 0.29) is 0 Å². The van der Waals surface area contributed by atoms with Crippen LogP contribution in [0.1, 0.15) is 5.56 Å². The molecule has 3 rings (SSSR count). The van der Waals surface area contributed by atoms with Crippen LogP contribution in [-0.2, 0) is 6.42 Å². The molecule has 0 atom stereocenters. The Balaban J connectivity index is 2.07. The highest BCUT2D eigenvalue weighted by atomic mass is 16.5. The Bertz CT molecular complexity index is 482. The van der Waals surface area contributed by atoms with Crippen LogP contribution in [0, 0.1) is 0 Å². The van der Waals surface area contributed by atoms with Crippen LogP contribution in [0.5, 0.6) is 5.75 Å². The van der Waals surface area contributed by atoms with Crippen molar-refractivity contribution in [1.29, 1.82) is 0 Å². The topological polar surface area (TPSA) is 35.0 Å². The summed E-state index contributed by atoms with van der Waals surface area (Å²) in [5, 5.41) is 0. The molecular weight excluding hydrogens is 188 g/mol. The van der Waals surface area contributed by atoms with E-state index in [1.165, 1.54) is 5.56 Å². The van der Waals surface area contributed by atoms with Gasteiger partial charge in [-0.25, -0.2) is 9.97 Å². The van der Waals surface area contributed by atoms with Crippen molar-refractivity contribution >= 4 is 0 Å². The predicted octanol–water partition coefficient (Wildman–Crippen LogP) is 2.08. The second-order valence-corrected chi connectivity index (χ2v) is 3.55. The first-order valence-electron chi connectivity index (χ1n) is 4.94. The first kappa shape index (κ1) is 8.41. The molecule has 0 N–H and O–H groups in total. The zero-order valence-corrected chi connectivity index (χ0v) is 8.18. The summed E-state index contributed by atoms with van der Waals surface area (Å²) in [5.41, 5.74) is 3.48. The van der Waals surface area contributed by atoms with E-state index in [4.69, 9.17) is 4.74 Å². The number of rotatable bonds is 1. The molecule has 0 radical (unpaired) electrons. The minimum atomic E-state index is 0.796. The third-order valence-corrected chi connectivity index (χ3v) is 2.58. The van der Waals surface area contributed by atoms with E-state index in [2.05, 4.69) is 16.0 Å². The molecule has 1 aliphatic heterocycles. The molecule has 0 aliphatic carbocycles. The van der Waals surface area contributed by atoms with Gasteiger partial charge in [0.1, 0.15) is 12.1 Å². The Morgan fingerprint density at radius 2 is 1.93 bits per heavy atom. The minimum Gasteiger partial charge on any atom is -0.493 e. The van der Waals surface area contributed by atoms with Crippen molar-refractivity contribution in [2.45, 2.75) is 6.42 Å². The van der Waals surface area contributed by atoms with E-state index < -0.39 is 0 Å². The number of benzene rings is 1. The zero-order valence-electron chi connectivity index (χ0n) is 8.18. The average Bonchev–Trinajstić information content (AvgIpc) is 2.77. The lowest BCUT2D eigenvalue weighted by molar-refractivity contribution is 0.357. The SMILES string of the molecule is c1ncc(-c2ccc3c(c2)CCO3)cn1. The van der Waals surface area contributed by atoms with Crippen LogP contribution in [0.3, 0.4) is 0 Å². The predicted molar refractivity (Wildman–Crippen MR) is 56.7 cm³/mol. The summed E-state index contributed by atoms with van der Waals surface area (Å²) in [5.74, 6) is 1.01. The Labute approximate surface area is 87.8 Å². The van der Waals surface area contributed by atoms with Crippen LogP contribution in [0.15, 0.2) is 36.9 Å². The summed E-state index contributed by atoms with van der Waals surface area (Å²) in [6, 6.07) is 6.22. The van der Waals surface area contributed by atoms with E-state index in [9.17, 15) is 0 Å². The van der Waals surface area contributed by atoms with E-state index in [1.54, 1.807) is 6.33 Å². The summed E-state index contributed by atoms with van der Waals surface area (Å²) in [7, 11) is 0. The molecule has 2 heterocycles. The smallest absolute Gasteiger partial charge is 0.122 e. The van der Waals surface area contributed by atoms with Gasteiger partial charge in [-0.1, -0.05) is 6.07 Å². The van der Waals surface area contributed by atoms with Gasteiger partial charge in [0.25, 0.3) is 0 Å². The summed E-state index contributed by atoms with van der Waals surface area (Å²) in [6.45, 7) is 0.796. The highest BCUT2D eigenvalue weighted by molar-refractivity contribution is 5.64. The lowest BCUT2D eigenvalue weighted by Gasteiger charge is -2.02. The fraction of sp³-hybridized carbons (Fsp3) is 0.167. The lowest BCUT2D eigenvalue weighted by Crippen LogP contribution is -1.85. The summed E-state index contributed by atoms with van der Waals surface area (Å²) in [6.07, 6.45) is 6.19. The van der Waals surface area contributed by atoms with Gasteiger partial charge in [0.05, 0.1) is 6.61 Å². The molecule has 0 unspecified atom stereocenters. The molecule has 0 bridgehead atoms. The number of hydrogen-bond acceptors (Lipinski definition) is 3. The lowest BCUT2D eigenvalue weighted by atomic mass is 10.0. The highest BCUT2D eigenvalue weighted by Crippen LogP contribution is 2.29. The fourth-order valence-electron chi connectivity index (χ4n) is 1.81. The van der Waals surface area contributed by atoms with Crippen LogP contribution < -0.4 is 4.74 Å². The molecule has 1 aromatic heterocycles. The maximum atomic E-state index is 5.46. The number of hydrogen-bond donors (Lipinski definition) is 0. The molecule has 0 saturated heterocycles. The van der Waals surface area contributed by atoms with Crippen LogP contribution in [0.2, 0.25) is 0 Å². The Morgan fingerprint density at radius 3 is 2.80 bits per heavy atom. The molecule has 3 heteroatoms. The quantitative estimate of drug-likeness (QED) is 0.703. The van der Waals surface area contributed by atoms with Gasteiger partial charge in [-0.05, 0) is 23.3 Å². The number of nitrogens with zero attached hydrogens (tertiary/aromatic N) is 2. The molecule has 0 spiro atoms. The Morgan fingerprint density at radius 1 is 1.07 bits per heavy atom. The largest absolute Gasteiger partial charge is 0.493 e. The van der Waals surface area contributed by atoms with Gasteiger partial charge in [-0.2, -0.15) is 0 Å². The van der Waals surface area contributed by atoms with E-state index in [0.29, 0.717) is 0 Å². The van der Waals surface area contributed by atoms with Gasteiger partial charge >= 0.3 is 0 Å². The number of fused-ring (bicyclic) bond motifs is 1. The Kier molecular flexibility index (Phi) is 1.88. The molecule has 3 nitrogen and oxygen atoms in total. The van der Waals surface area contributed by atoms with Crippen molar-refractivity contribution in [1.82, 2.24) is 9.97 Å². The van der Waals surface area contributed by atoms with E-state index >= 15 is 0 Å². The van der Waals surface area contributed by atoms with Crippen molar-refractivity contribution < 1.29 is 4.74 Å². The van der Waals surface area contributed by atoms with Gasteiger partial charge in [-0.15, -0.1) is 0 Å². The monoisotopic (exact) mass is 198 g/mol. The highest BCUT2D eigenvalue weighted by Gasteiger charge is 2.12. The Hall–Kier alpha value is -1.90. The molecule has 0 saturated carbocycles. The molecule has 1 aromatic carbocycles. The third kappa shape index (κ3) is 1.46. The summed E-state index contributed by atoms with van der Waals surface area (Å²) >= 11 is 0. The van der Waals surface area contributed by atoms with Gasteiger partial charge < -0.3 is 4.74 Å². The molecular formula is C12H10N2O. The molecule has 0 fully saturated rings. The minimum absolute atomic E-state index is 0.796. The number of aromatic nitrogens is 2. The van der Waals surface area contributed by atoms with Crippen molar-refractivity contribution in [3.63, 3.8) is 0 Å². The second-order valence-electron chi connectivity index (χ2n) is 3.55. The maximum Gasteiger partial charge on any atom is 0.122 e. The zero-order chi connectivity index (χ0) is 10.1. The van der Waals surface area contributed by atoms with Crippen molar-refractivity contribution in [3.05, 3.63) is 42.5 Å². The second kappa shape index (κ2) is 3.35. The third-order valence-electron chi connectivity index (χ3n) is 2.58.